The molecule has 0 spiro atoms. The van der Waals surface area contributed by atoms with E-state index >= 15 is 0 Å². The Morgan fingerprint density at radius 3 is 2.00 bits per heavy atom. The van der Waals surface area contributed by atoms with E-state index < -0.39 is 0 Å². The molecule has 1 fully saturated rings. The molecule has 0 aromatic carbocycles. The third-order valence-corrected chi connectivity index (χ3v) is 4.19. The third kappa shape index (κ3) is 4.23. The van der Waals surface area contributed by atoms with Gasteiger partial charge in [0, 0.05) is 37.8 Å². The number of rotatable bonds is 4. The zero-order chi connectivity index (χ0) is 13.1. The Kier molecular flexibility index (Phi) is 5.42. The fourth-order valence-corrected chi connectivity index (χ4v) is 2.65. The molecule has 0 aromatic rings. The van der Waals surface area contributed by atoms with Crippen molar-refractivity contribution in [2.75, 3.05) is 39.8 Å². The Labute approximate surface area is 108 Å². The number of piperazine rings is 1. The maximum absolute atomic E-state index is 3.28. The quantitative estimate of drug-likeness (QED) is 0.807. The highest BCUT2D eigenvalue weighted by molar-refractivity contribution is 4.85. The van der Waals surface area contributed by atoms with E-state index in [1.54, 1.807) is 0 Å². The maximum Gasteiger partial charge on any atom is 0.0126 e. The van der Waals surface area contributed by atoms with Gasteiger partial charge in [0.05, 0.1) is 0 Å². The normalized spacial score (nSPS) is 23.6. The van der Waals surface area contributed by atoms with Gasteiger partial charge in [-0.25, -0.2) is 0 Å². The molecule has 1 heterocycles. The number of nitrogens with one attached hydrogen (secondary N) is 1. The van der Waals surface area contributed by atoms with Crippen LogP contribution in [0.25, 0.3) is 0 Å². The van der Waals surface area contributed by atoms with E-state index in [9.17, 15) is 0 Å². The van der Waals surface area contributed by atoms with Crippen LogP contribution < -0.4 is 5.32 Å². The zero-order valence-corrected chi connectivity index (χ0v) is 12.6. The van der Waals surface area contributed by atoms with E-state index in [2.05, 4.69) is 49.7 Å². The molecule has 3 heteroatoms. The number of hydrogen-bond donors (Lipinski definition) is 1. The van der Waals surface area contributed by atoms with Crippen LogP contribution in [0.15, 0.2) is 0 Å². The molecule has 2 atom stereocenters. The topological polar surface area (TPSA) is 18.5 Å². The molecule has 1 N–H and O–H groups in total. The molecule has 0 aromatic heterocycles. The average Bonchev–Trinajstić information content (AvgIpc) is 2.27. The van der Waals surface area contributed by atoms with Gasteiger partial charge >= 0.3 is 0 Å². The summed E-state index contributed by atoms with van der Waals surface area (Å²) in [6.45, 7) is 17.6. The molecule has 17 heavy (non-hydrogen) atoms. The predicted octanol–water partition coefficient (Wildman–Crippen LogP) is 1.65. The van der Waals surface area contributed by atoms with Gasteiger partial charge in [0.1, 0.15) is 0 Å². The fourth-order valence-electron chi connectivity index (χ4n) is 2.65. The second-order valence-corrected chi connectivity index (χ2v) is 6.47. The molecule has 0 saturated carbocycles. The van der Waals surface area contributed by atoms with Crippen LogP contribution in [-0.2, 0) is 0 Å². The highest BCUT2D eigenvalue weighted by Crippen LogP contribution is 2.19. The first-order valence-corrected chi connectivity index (χ1v) is 7.00. The lowest BCUT2D eigenvalue weighted by atomic mass is 10.00. The monoisotopic (exact) mass is 241 g/mol. The van der Waals surface area contributed by atoms with Gasteiger partial charge in [-0.2, -0.15) is 0 Å². The van der Waals surface area contributed by atoms with E-state index in [0.717, 1.165) is 12.5 Å². The summed E-state index contributed by atoms with van der Waals surface area (Å²) >= 11 is 0. The Bertz CT molecular complexity index is 214. The molecule has 0 aliphatic carbocycles. The summed E-state index contributed by atoms with van der Waals surface area (Å²) in [5.41, 5.74) is 0.325. The summed E-state index contributed by atoms with van der Waals surface area (Å²) in [6, 6.07) is 0.685. The minimum atomic E-state index is 0.325. The van der Waals surface area contributed by atoms with Crippen molar-refractivity contribution < 1.29 is 0 Å². The first-order chi connectivity index (χ1) is 7.86. The Hall–Kier alpha value is -0.120. The van der Waals surface area contributed by atoms with Gasteiger partial charge < -0.3 is 5.32 Å². The van der Waals surface area contributed by atoms with Crippen molar-refractivity contribution in [3.63, 3.8) is 0 Å². The lowest BCUT2D eigenvalue weighted by molar-refractivity contribution is 0.0342. The van der Waals surface area contributed by atoms with Crippen LogP contribution in [0.3, 0.4) is 0 Å². The first-order valence-electron chi connectivity index (χ1n) is 7.00. The lowest BCUT2D eigenvalue weighted by Gasteiger charge is -2.45. The zero-order valence-electron chi connectivity index (χ0n) is 12.6. The van der Waals surface area contributed by atoms with Crippen molar-refractivity contribution in [3.05, 3.63) is 0 Å². The maximum atomic E-state index is 3.28. The lowest BCUT2D eigenvalue weighted by Crippen LogP contribution is -2.56. The van der Waals surface area contributed by atoms with Crippen LogP contribution in [0.2, 0.25) is 0 Å². The van der Waals surface area contributed by atoms with Crippen LogP contribution in [0.5, 0.6) is 0 Å². The Morgan fingerprint density at radius 1 is 1.06 bits per heavy atom. The van der Waals surface area contributed by atoms with Crippen molar-refractivity contribution in [2.45, 2.75) is 46.2 Å². The molecule has 0 radical (unpaired) electrons. The van der Waals surface area contributed by atoms with Crippen molar-refractivity contribution in [1.29, 1.82) is 0 Å². The summed E-state index contributed by atoms with van der Waals surface area (Å²) in [7, 11) is 2.04. The van der Waals surface area contributed by atoms with Gasteiger partial charge in [0.2, 0.25) is 0 Å². The number of nitrogens with zero attached hydrogens (tertiary/aromatic N) is 2. The number of hydrogen-bond acceptors (Lipinski definition) is 3. The minimum absolute atomic E-state index is 0.325. The van der Waals surface area contributed by atoms with Crippen molar-refractivity contribution in [1.82, 2.24) is 15.1 Å². The summed E-state index contributed by atoms with van der Waals surface area (Å²) in [5, 5.41) is 3.28. The van der Waals surface area contributed by atoms with E-state index in [4.69, 9.17) is 0 Å². The summed E-state index contributed by atoms with van der Waals surface area (Å²) in [5.74, 6) is 0.723. The molecule has 1 aliphatic rings. The molecule has 0 bridgehead atoms. The highest BCUT2D eigenvalue weighted by atomic mass is 15.3. The minimum Gasteiger partial charge on any atom is -0.319 e. The van der Waals surface area contributed by atoms with Gasteiger partial charge in [0.15, 0.2) is 0 Å². The van der Waals surface area contributed by atoms with E-state index in [1.165, 1.54) is 26.2 Å². The SMILES string of the molecule is CNCC(C)C(C)N1CCN(C(C)(C)C)CC1. The molecular weight excluding hydrogens is 210 g/mol. The summed E-state index contributed by atoms with van der Waals surface area (Å²) in [4.78, 5) is 5.24. The standard InChI is InChI=1S/C14H31N3/c1-12(11-15-6)13(2)16-7-9-17(10-8-16)14(3,4)5/h12-13,15H,7-11H2,1-6H3. The Morgan fingerprint density at radius 2 is 1.59 bits per heavy atom. The summed E-state index contributed by atoms with van der Waals surface area (Å²) < 4.78 is 0. The van der Waals surface area contributed by atoms with E-state index in [1.807, 2.05) is 7.05 Å². The van der Waals surface area contributed by atoms with Gasteiger partial charge in [-0.1, -0.05) is 6.92 Å². The van der Waals surface area contributed by atoms with E-state index in [-0.39, 0.29) is 0 Å². The molecule has 3 nitrogen and oxygen atoms in total. The molecule has 1 saturated heterocycles. The summed E-state index contributed by atoms with van der Waals surface area (Å²) in [6.07, 6.45) is 0. The van der Waals surface area contributed by atoms with Crippen molar-refractivity contribution >= 4 is 0 Å². The third-order valence-electron chi connectivity index (χ3n) is 4.19. The second kappa shape index (κ2) is 6.17. The van der Waals surface area contributed by atoms with Gasteiger partial charge in [0.25, 0.3) is 0 Å². The molecule has 2 unspecified atom stereocenters. The van der Waals surface area contributed by atoms with Gasteiger partial charge in [-0.15, -0.1) is 0 Å². The Balaban J connectivity index is 2.41. The van der Waals surface area contributed by atoms with Crippen LogP contribution >= 0.6 is 0 Å². The highest BCUT2D eigenvalue weighted by Gasteiger charge is 2.28. The molecule has 0 amide bonds. The van der Waals surface area contributed by atoms with E-state index in [0.29, 0.717) is 11.6 Å². The second-order valence-electron chi connectivity index (χ2n) is 6.47. The van der Waals surface area contributed by atoms with Crippen molar-refractivity contribution in [3.8, 4) is 0 Å². The average molecular weight is 241 g/mol. The largest absolute Gasteiger partial charge is 0.319 e. The van der Waals surface area contributed by atoms with Gasteiger partial charge in [-0.3, -0.25) is 9.80 Å². The molecular formula is C14H31N3. The van der Waals surface area contributed by atoms with Crippen molar-refractivity contribution in [2.24, 2.45) is 5.92 Å². The molecule has 102 valence electrons. The van der Waals surface area contributed by atoms with Crippen LogP contribution in [0.1, 0.15) is 34.6 Å². The molecule has 1 rings (SSSR count). The smallest absolute Gasteiger partial charge is 0.0126 e. The van der Waals surface area contributed by atoms with Crippen LogP contribution in [0.4, 0.5) is 0 Å². The van der Waals surface area contributed by atoms with Crippen LogP contribution in [0, 0.1) is 5.92 Å². The van der Waals surface area contributed by atoms with Crippen LogP contribution in [-0.4, -0.2) is 61.2 Å². The molecule has 1 aliphatic heterocycles. The predicted molar refractivity (Wildman–Crippen MR) is 75.5 cm³/mol. The van der Waals surface area contributed by atoms with Gasteiger partial charge in [-0.05, 0) is 47.2 Å². The fraction of sp³-hybridized carbons (Fsp3) is 1.00. The first kappa shape index (κ1) is 14.9.